The molecule has 0 heterocycles. The van der Waals surface area contributed by atoms with Gasteiger partial charge in [-0.25, -0.2) is 0 Å². The summed E-state index contributed by atoms with van der Waals surface area (Å²) in [5.41, 5.74) is 2.46. The summed E-state index contributed by atoms with van der Waals surface area (Å²) in [5.74, 6) is 5.83. The van der Waals surface area contributed by atoms with Crippen molar-refractivity contribution in [1.82, 2.24) is 0 Å². The molecule has 154 valence electrons. The van der Waals surface area contributed by atoms with Gasteiger partial charge in [0.2, 0.25) is 0 Å². The Bertz CT molecular complexity index is 737. The Morgan fingerprint density at radius 3 is 1.79 bits per heavy atom. The predicted molar refractivity (Wildman–Crippen MR) is 130 cm³/mol. The molecule has 0 spiro atoms. The highest BCUT2D eigenvalue weighted by atomic mass is 32.2. The van der Waals surface area contributed by atoms with Gasteiger partial charge in [0, 0.05) is 16.6 Å². The quantitative estimate of drug-likeness (QED) is 0.347. The standard InChI is InChI=1S/C22H30O2S4/c1-5-25-14-17(15-9-10-18(23)19(11-15)26-6-2)16-12-20(27-7-3)22(24)21(13-16)28-8-4/h9-13,17,23-24H,5-8,14H2,1-4H3. The lowest BCUT2D eigenvalue weighted by molar-refractivity contribution is 0.448. The van der Waals surface area contributed by atoms with Crippen LogP contribution in [0, 0.1) is 0 Å². The molecule has 1 unspecified atom stereocenters. The van der Waals surface area contributed by atoms with E-state index in [1.807, 2.05) is 23.9 Å². The van der Waals surface area contributed by atoms with Crippen molar-refractivity contribution in [3.05, 3.63) is 41.5 Å². The SMILES string of the molecule is CCSCC(c1ccc(O)c(SCC)c1)c1cc(SCC)c(O)c(SCC)c1. The largest absolute Gasteiger partial charge is 0.507 e. The molecule has 0 radical (unpaired) electrons. The van der Waals surface area contributed by atoms with E-state index in [1.54, 1.807) is 35.3 Å². The summed E-state index contributed by atoms with van der Waals surface area (Å²) in [6.45, 7) is 8.51. The number of phenolic OH excluding ortho intramolecular Hbond substituents is 2. The molecule has 0 aliphatic carbocycles. The fourth-order valence-electron chi connectivity index (χ4n) is 2.97. The highest BCUT2D eigenvalue weighted by Crippen LogP contribution is 2.42. The fourth-order valence-corrected chi connectivity index (χ4v) is 6.20. The van der Waals surface area contributed by atoms with Crippen LogP contribution in [0.2, 0.25) is 0 Å². The van der Waals surface area contributed by atoms with Crippen LogP contribution < -0.4 is 0 Å². The summed E-state index contributed by atoms with van der Waals surface area (Å²) >= 11 is 6.98. The van der Waals surface area contributed by atoms with Crippen molar-refractivity contribution < 1.29 is 10.2 Å². The lowest BCUT2D eigenvalue weighted by atomic mass is 9.93. The normalized spacial score (nSPS) is 12.3. The maximum absolute atomic E-state index is 10.7. The molecule has 28 heavy (non-hydrogen) atoms. The van der Waals surface area contributed by atoms with E-state index < -0.39 is 0 Å². The van der Waals surface area contributed by atoms with Crippen LogP contribution >= 0.6 is 47.0 Å². The number of hydrogen-bond acceptors (Lipinski definition) is 6. The minimum Gasteiger partial charge on any atom is -0.507 e. The minimum absolute atomic E-state index is 0.231. The average Bonchev–Trinajstić information content (AvgIpc) is 2.68. The second kappa shape index (κ2) is 12.2. The van der Waals surface area contributed by atoms with Crippen molar-refractivity contribution >= 4 is 47.0 Å². The molecule has 0 bridgehead atoms. The van der Waals surface area contributed by atoms with Crippen LogP contribution in [0.1, 0.15) is 44.7 Å². The molecular formula is C22H30O2S4. The van der Waals surface area contributed by atoms with Crippen LogP contribution in [0.3, 0.4) is 0 Å². The van der Waals surface area contributed by atoms with Crippen LogP contribution in [-0.4, -0.2) is 39.0 Å². The minimum atomic E-state index is 0.231. The lowest BCUT2D eigenvalue weighted by Gasteiger charge is -2.21. The number of rotatable bonds is 11. The van der Waals surface area contributed by atoms with Gasteiger partial charge in [0.1, 0.15) is 11.5 Å². The number of phenols is 2. The van der Waals surface area contributed by atoms with Gasteiger partial charge >= 0.3 is 0 Å². The summed E-state index contributed by atoms with van der Waals surface area (Å²) in [4.78, 5) is 2.87. The molecule has 0 aliphatic heterocycles. The van der Waals surface area contributed by atoms with Crippen molar-refractivity contribution in [2.75, 3.05) is 28.8 Å². The highest BCUT2D eigenvalue weighted by molar-refractivity contribution is 8.00. The number of aromatic hydroxyl groups is 2. The van der Waals surface area contributed by atoms with Crippen LogP contribution in [0.4, 0.5) is 0 Å². The molecule has 2 N–H and O–H groups in total. The van der Waals surface area contributed by atoms with Gasteiger partial charge in [-0.2, -0.15) is 11.8 Å². The molecule has 1 atom stereocenters. The molecule has 0 saturated carbocycles. The zero-order chi connectivity index (χ0) is 20.5. The van der Waals surface area contributed by atoms with Crippen LogP contribution in [0.25, 0.3) is 0 Å². The Morgan fingerprint density at radius 2 is 1.25 bits per heavy atom. The average molecular weight is 455 g/mol. The molecule has 0 amide bonds. The zero-order valence-corrected chi connectivity index (χ0v) is 20.3. The lowest BCUT2D eigenvalue weighted by Crippen LogP contribution is -2.06. The molecule has 6 heteroatoms. The first-order valence-corrected chi connectivity index (χ1v) is 13.8. The zero-order valence-electron chi connectivity index (χ0n) is 17.0. The second-order valence-corrected chi connectivity index (χ2v) is 11.3. The Morgan fingerprint density at radius 1 is 0.714 bits per heavy atom. The van der Waals surface area contributed by atoms with Crippen LogP contribution in [-0.2, 0) is 0 Å². The van der Waals surface area contributed by atoms with E-state index in [9.17, 15) is 10.2 Å². The van der Waals surface area contributed by atoms with Gasteiger partial charge in [-0.15, -0.1) is 35.3 Å². The first-order chi connectivity index (χ1) is 13.5. The molecule has 2 rings (SSSR count). The summed E-state index contributed by atoms with van der Waals surface area (Å²) in [5, 5.41) is 20.9. The summed E-state index contributed by atoms with van der Waals surface area (Å²) < 4.78 is 0. The fraction of sp³-hybridized carbons (Fsp3) is 0.455. The summed E-state index contributed by atoms with van der Waals surface area (Å²) in [6.07, 6.45) is 0. The van der Waals surface area contributed by atoms with Crippen molar-refractivity contribution in [2.45, 2.75) is 48.3 Å². The maximum Gasteiger partial charge on any atom is 0.142 e. The maximum atomic E-state index is 10.7. The van der Waals surface area contributed by atoms with Crippen LogP contribution in [0.5, 0.6) is 11.5 Å². The van der Waals surface area contributed by atoms with E-state index in [0.29, 0.717) is 11.5 Å². The van der Waals surface area contributed by atoms with Crippen molar-refractivity contribution in [1.29, 1.82) is 0 Å². The Hall–Kier alpha value is -0.560. The van der Waals surface area contributed by atoms with Gasteiger partial charge in [-0.05, 0) is 58.4 Å². The number of hydrogen-bond donors (Lipinski definition) is 2. The van der Waals surface area contributed by atoms with Crippen molar-refractivity contribution in [2.24, 2.45) is 0 Å². The van der Waals surface area contributed by atoms with Gasteiger partial charge < -0.3 is 10.2 Å². The monoisotopic (exact) mass is 454 g/mol. The second-order valence-electron chi connectivity index (χ2n) is 6.10. The van der Waals surface area contributed by atoms with E-state index in [0.717, 1.165) is 43.5 Å². The van der Waals surface area contributed by atoms with Gasteiger partial charge in [0.15, 0.2) is 0 Å². The van der Waals surface area contributed by atoms with E-state index in [2.05, 4.69) is 45.9 Å². The van der Waals surface area contributed by atoms with Crippen LogP contribution in [0.15, 0.2) is 45.0 Å². The van der Waals surface area contributed by atoms with Crippen molar-refractivity contribution in [3.8, 4) is 11.5 Å². The van der Waals surface area contributed by atoms with Gasteiger partial charge in [-0.1, -0.05) is 33.8 Å². The molecule has 0 aromatic heterocycles. The third-order valence-electron chi connectivity index (χ3n) is 4.24. The van der Waals surface area contributed by atoms with Gasteiger partial charge in [0.05, 0.1) is 9.79 Å². The highest BCUT2D eigenvalue weighted by Gasteiger charge is 2.20. The summed E-state index contributed by atoms with van der Waals surface area (Å²) in [7, 11) is 0. The topological polar surface area (TPSA) is 40.5 Å². The van der Waals surface area contributed by atoms with E-state index in [4.69, 9.17) is 0 Å². The predicted octanol–water partition coefficient (Wildman–Crippen LogP) is 7.32. The van der Waals surface area contributed by atoms with Gasteiger partial charge in [0.25, 0.3) is 0 Å². The Balaban J connectivity index is 2.54. The van der Waals surface area contributed by atoms with E-state index in [-0.39, 0.29) is 5.92 Å². The van der Waals surface area contributed by atoms with Crippen molar-refractivity contribution in [3.63, 3.8) is 0 Å². The third-order valence-corrected chi connectivity index (χ3v) is 7.96. The first kappa shape index (κ1) is 23.7. The summed E-state index contributed by atoms with van der Waals surface area (Å²) in [6, 6.07) is 10.3. The first-order valence-electron chi connectivity index (χ1n) is 9.71. The van der Waals surface area contributed by atoms with E-state index in [1.165, 1.54) is 11.1 Å². The molecule has 0 aliphatic rings. The smallest absolute Gasteiger partial charge is 0.142 e. The molecule has 2 aromatic carbocycles. The molecular weight excluding hydrogens is 425 g/mol. The third kappa shape index (κ3) is 6.22. The number of thioether (sulfide) groups is 4. The molecule has 0 fully saturated rings. The van der Waals surface area contributed by atoms with Gasteiger partial charge in [-0.3, -0.25) is 0 Å². The molecule has 2 aromatic rings. The molecule has 2 nitrogen and oxygen atoms in total. The Kier molecular flexibility index (Phi) is 10.3. The Labute approximate surface area is 186 Å². The molecule has 0 saturated heterocycles. The van der Waals surface area contributed by atoms with E-state index >= 15 is 0 Å². The number of benzene rings is 2.